The van der Waals surface area contributed by atoms with Gasteiger partial charge in [-0.15, -0.1) is 0 Å². The van der Waals surface area contributed by atoms with E-state index < -0.39 is 5.97 Å². The Balaban J connectivity index is 1.85. The van der Waals surface area contributed by atoms with E-state index in [-0.39, 0.29) is 24.2 Å². The van der Waals surface area contributed by atoms with E-state index in [2.05, 4.69) is 5.32 Å². The van der Waals surface area contributed by atoms with Crippen molar-refractivity contribution in [1.29, 1.82) is 0 Å². The third-order valence-electron chi connectivity index (χ3n) is 3.89. The fourth-order valence-electron chi connectivity index (χ4n) is 2.46. The summed E-state index contributed by atoms with van der Waals surface area (Å²) in [6.45, 7) is 2.65. The molecule has 0 bridgehead atoms. The van der Waals surface area contributed by atoms with E-state index in [0.717, 1.165) is 0 Å². The van der Waals surface area contributed by atoms with Crippen LogP contribution < -0.4 is 5.32 Å². The van der Waals surface area contributed by atoms with Crippen LogP contribution in [0.3, 0.4) is 0 Å². The van der Waals surface area contributed by atoms with Crippen LogP contribution in [-0.2, 0) is 9.59 Å². The van der Waals surface area contributed by atoms with Gasteiger partial charge in [0.25, 0.3) is 0 Å². The lowest BCUT2D eigenvalue weighted by Gasteiger charge is -2.30. The van der Waals surface area contributed by atoms with Gasteiger partial charge in [0.15, 0.2) is 0 Å². The van der Waals surface area contributed by atoms with E-state index in [9.17, 15) is 14.0 Å². The molecule has 1 amide bonds. The maximum absolute atomic E-state index is 13.4. The number of nitrogens with one attached hydrogen (secondary N) is 1. The van der Waals surface area contributed by atoms with E-state index in [4.69, 9.17) is 5.11 Å². The number of benzene rings is 1. The predicted molar refractivity (Wildman–Crippen MR) is 76.6 cm³/mol. The van der Waals surface area contributed by atoms with E-state index in [1.54, 1.807) is 24.0 Å². The van der Waals surface area contributed by atoms with Gasteiger partial charge in [-0.3, -0.25) is 9.59 Å². The van der Waals surface area contributed by atoms with Crippen molar-refractivity contribution in [3.63, 3.8) is 0 Å². The SMILES string of the molecule is Cc1c(F)cccc1NCC(=O)N1CCC(C(=O)O)CC1. The summed E-state index contributed by atoms with van der Waals surface area (Å²) < 4.78 is 13.4. The number of anilines is 1. The van der Waals surface area contributed by atoms with Gasteiger partial charge in [0.1, 0.15) is 5.82 Å². The van der Waals surface area contributed by atoms with Crippen molar-refractivity contribution in [1.82, 2.24) is 4.90 Å². The first-order valence-corrected chi connectivity index (χ1v) is 6.98. The van der Waals surface area contributed by atoms with E-state index >= 15 is 0 Å². The molecule has 1 aromatic carbocycles. The number of amides is 1. The summed E-state index contributed by atoms with van der Waals surface area (Å²) in [7, 11) is 0. The second kappa shape index (κ2) is 6.56. The first-order chi connectivity index (χ1) is 9.99. The molecule has 2 rings (SSSR count). The molecule has 1 fully saturated rings. The van der Waals surface area contributed by atoms with Gasteiger partial charge in [0.2, 0.25) is 5.91 Å². The minimum atomic E-state index is -0.796. The highest BCUT2D eigenvalue weighted by Gasteiger charge is 2.26. The van der Waals surface area contributed by atoms with Crippen LogP contribution in [0.1, 0.15) is 18.4 Å². The monoisotopic (exact) mass is 294 g/mol. The first kappa shape index (κ1) is 15.3. The fraction of sp³-hybridized carbons (Fsp3) is 0.467. The smallest absolute Gasteiger partial charge is 0.306 e. The van der Waals surface area contributed by atoms with Gasteiger partial charge in [0, 0.05) is 24.3 Å². The summed E-state index contributed by atoms with van der Waals surface area (Å²) in [6, 6.07) is 4.69. The summed E-state index contributed by atoms with van der Waals surface area (Å²) >= 11 is 0. The molecule has 21 heavy (non-hydrogen) atoms. The van der Waals surface area contributed by atoms with Crippen molar-refractivity contribution in [2.75, 3.05) is 25.0 Å². The normalized spacial score (nSPS) is 15.8. The van der Waals surface area contributed by atoms with Gasteiger partial charge >= 0.3 is 5.97 Å². The molecule has 1 saturated heterocycles. The summed E-state index contributed by atoms with van der Waals surface area (Å²) in [4.78, 5) is 24.6. The van der Waals surface area contributed by atoms with Gasteiger partial charge in [-0.1, -0.05) is 6.07 Å². The van der Waals surface area contributed by atoms with Crippen molar-refractivity contribution in [3.8, 4) is 0 Å². The maximum Gasteiger partial charge on any atom is 0.306 e. The van der Waals surface area contributed by atoms with Gasteiger partial charge in [-0.05, 0) is 31.9 Å². The number of rotatable bonds is 4. The molecular formula is C15H19FN2O3. The number of hydrogen-bond acceptors (Lipinski definition) is 3. The van der Waals surface area contributed by atoms with Crippen LogP contribution in [0, 0.1) is 18.7 Å². The molecule has 2 N–H and O–H groups in total. The lowest BCUT2D eigenvalue weighted by molar-refractivity contribution is -0.145. The molecule has 114 valence electrons. The molecule has 6 heteroatoms. The van der Waals surface area contributed by atoms with Gasteiger partial charge in [-0.2, -0.15) is 0 Å². The third kappa shape index (κ3) is 3.71. The van der Waals surface area contributed by atoms with E-state index in [1.807, 2.05) is 0 Å². The minimum Gasteiger partial charge on any atom is -0.481 e. The van der Waals surface area contributed by atoms with E-state index in [0.29, 0.717) is 37.2 Å². The second-order valence-electron chi connectivity index (χ2n) is 5.26. The Morgan fingerprint density at radius 3 is 2.67 bits per heavy atom. The molecule has 0 aliphatic carbocycles. The number of carboxylic acids is 1. The van der Waals surface area contributed by atoms with Gasteiger partial charge in [-0.25, -0.2) is 4.39 Å². The Hall–Kier alpha value is -2.11. The molecule has 1 heterocycles. The number of halogens is 1. The van der Waals surface area contributed by atoms with Crippen LogP contribution in [0.4, 0.5) is 10.1 Å². The number of aliphatic carboxylic acids is 1. The topological polar surface area (TPSA) is 69.6 Å². The number of hydrogen-bond donors (Lipinski definition) is 2. The number of carbonyl (C=O) groups excluding carboxylic acids is 1. The zero-order valence-corrected chi connectivity index (χ0v) is 11.9. The molecule has 0 saturated carbocycles. The van der Waals surface area contributed by atoms with Gasteiger partial charge < -0.3 is 15.3 Å². The fourth-order valence-corrected chi connectivity index (χ4v) is 2.46. The molecule has 0 radical (unpaired) electrons. The molecular weight excluding hydrogens is 275 g/mol. The lowest BCUT2D eigenvalue weighted by atomic mass is 9.97. The average Bonchev–Trinajstić information content (AvgIpc) is 2.48. The molecule has 1 aliphatic heterocycles. The zero-order chi connectivity index (χ0) is 15.4. The van der Waals surface area contributed by atoms with Crippen molar-refractivity contribution >= 4 is 17.6 Å². The van der Waals surface area contributed by atoms with Crippen LogP contribution in [-0.4, -0.2) is 41.5 Å². The number of nitrogens with zero attached hydrogens (tertiary/aromatic N) is 1. The first-order valence-electron chi connectivity index (χ1n) is 6.98. The Morgan fingerprint density at radius 1 is 1.38 bits per heavy atom. The highest BCUT2D eigenvalue weighted by Crippen LogP contribution is 2.19. The number of carbonyl (C=O) groups is 2. The summed E-state index contributed by atoms with van der Waals surface area (Å²) in [6.07, 6.45) is 0.972. The lowest BCUT2D eigenvalue weighted by Crippen LogP contribution is -2.42. The predicted octanol–water partition coefficient (Wildman–Crippen LogP) is 1.87. The Bertz CT molecular complexity index is 540. The number of piperidine rings is 1. The molecule has 0 unspecified atom stereocenters. The van der Waals surface area contributed by atoms with Crippen LogP contribution in [0.2, 0.25) is 0 Å². The Labute approximate surface area is 122 Å². The molecule has 5 nitrogen and oxygen atoms in total. The highest BCUT2D eigenvalue weighted by molar-refractivity contribution is 5.81. The molecule has 1 aliphatic rings. The standard InChI is InChI=1S/C15H19FN2O3/c1-10-12(16)3-2-4-13(10)17-9-14(19)18-7-5-11(6-8-18)15(20)21/h2-4,11,17H,5-9H2,1H3,(H,20,21). The minimum absolute atomic E-state index is 0.0853. The molecule has 0 spiro atoms. The van der Waals surface area contributed by atoms with Crippen molar-refractivity contribution in [2.24, 2.45) is 5.92 Å². The summed E-state index contributed by atoms with van der Waals surface area (Å²) in [5.41, 5.74) is 1.08. The Kier molecular flexibility index (Phi) is 4.77. The average molecular weight is 294 g/mol. The number of likely N-dealkylation sites (tertiary alicyclic amines) is 1. The van der Waals surface area contributed by atoms with E-state index in [1.165, 1.54) is 6.07 Å². The number of carboxylic acid groups (broad SMARTS) is 1. The van der Waals surface area contributed by atoms with Crippen molar-refractivity contribution < 1.29 is 19.1 Å². The molecule has 0 atom stereocenters. The maximum atomic E-state index is 13.4. The summed E-state index contributed by atoms with van der Waals surface area (Å²) in [5.74, 6) is -1.56. The third-order valence-corrected chi connectivity index (χ3v) is 3.89. The quantitative estimate of drug-likeness (QED) is 0.889. The van der Waals surface area contributed by atoms with Crippen molar-refractivity contribution in [3.05, 3.63) is 29.6 Å². The van der Waals surface area contributed by atoms with Gasteiger partial charge in [0.05, 0.1) is 12.5 Å². The Morgan fingerprint density at radius 2 is 2.05 bits per heavy atom. The second-order valence-corrected chi connectivity index (χ2v) is 5.26. The van der Waals surface area contributed by atoms with Crippen LogP contribution in [0.5, 0.6) is 0 Å². The largest absolute Gasteiger partial charge is 0.481 e. The molecule has 1 aromatic rings. The van der Waals surface area contributed by atoms with Crippen LogP contribution in [0.25, 0.3) is 0 Å². The van der Waals surface area contributed by atoms with Crippen LogP contribution >= 0.6 is 0 Å². The van der Waals surface area contributed by atoms with Crippen LogP contribution in [0.15, 0.2) is 18.2 Å². The zero-order valence-electron chi connectivity index (χ0n) is 11.9. The highest BCUT2D eigenvalue weighted by atomic mass is 19.1. The molecule has 0 aromatic heterocycles. The summed E-state index contributed by atoms with van der Waals surface area (Å²) in [5, 5.41) is 11.9. The van der Waals surface area contributed by atoms with Crippen molar-refractivity contribution in [2.45, 2.75) is 19.8 Å².